The third kappa shape index (κ3) is 2.31. The molecule has 3 amide bonds. The van der Waals surface area contributed by atoms with Gasteiger partial charge in [0, 0.05) is 26.1 Å². The van der Waals surface area contributed by atoms with Crippen molar-refractivity contribution < 1.29 is 23.1 Å². The quantitative estimate of drug-likeness (QED) is 0.695. The summed E-state index contributed by atoms with van der Waals surface area (Å²) in [5.41, 5.74) is 2.59. The zero-order chi connectivity index (χ0) is 14.3. The minimum atomic E-state index is -3.06. The summed E-state index contributed by atoms with van der Waals surface area (Å²) in [7, 11) is 0. The van der Waals surface area contributed by atoms with Gasteiger partial charge in [-0.2, -0.15) is 0 Å². The second-order valence-corrected chi connectivity index (χ2v) is 5.21. The topological polar surface area (TPSA) is 73.9 Å². The van der Waals surface area contributed by atoms with Crippen LogP contribution in [-0.2, 0) is 9.53 Å². The highest BCUT2D eigenvalue weighted by Gasteiger charge is 2.56. The zero-order valence-corrected chi connectivity index (χ0v) is 10.8. The number of amides is 3. The second-order valence-electron chi connectivity index (χ2n) is 5.21. The van der Waals surface area contributed by atoms with Crippen LogP contribution in [0.15, 0.2) is 0 Å². The molecule has 20 heavy (non-hydrogen) atoms. The zero-order valence-electron chi connectivity index (χ0n) is 10.8. The Morgan fingerprint density at radius 1 is 1.40 bits per heavy atom. The Bertz CT molecular complexity index is 428. The number of urea groups is 1. The van der Waals surface area contributed by atoms with Crippen LogP contribution in [0, 0.1) is 0 Å². The highest BCUT2D eigenvalue weighted by Crippen LogP contribution is 2.35. The van der Waals surface area contributed by atoms with Gasteiger partial charge in [-0.25, -0.2) is 18.6 Å². The van der Waals surface area contributed by atoms with E-state index in [4.69, 9.17) is 4.74 Å². The molecule has 2 N–H and O–H groups in total. The molecule has 3 saturated heterocycles. The van der Waals surface area contributed by atoms with E-state index in [9.17, 15) is 18.4 Å². The van der Waals surface area contributed by atoms with E-state index in [1.807, 2.05) is 0 Å². The molecule has 3 rings (SSSR count). The fraction of sp³-hybridized carbons (Fsp3) is 0.818. The van der Waals surface area contributed by atoms with E-state index in [2.05, 4.69) is 10.7 Å². The standard InChI is InChI=1S/C11H16F2N4O3/c12-11(13)5-7(17-6-8(11)14-10(17)19)9(18)15-16-1-3-20-4-2-16/h7-8H,1-6H2,(H,14,19)(H,15,18)/t7-,8?/m0/s1. The summed E-state index contributed by atoms with van der Waals surface area (Å²) in [5.74, 6) is -3.63. The highest BCUT2D eigenvalue weighted by atomic mass is 19.3. The van der Waals surface area contributed by atoms with Crippen LogP contribution in [0.2, 0.25) is 0 Å². The number of ether oxygens (including phenoxy) is 1. The van der Waals surface area contributed by atoms with Crippen LogP contribution in [0.5, 0.6) is 0 Å². The van der Waals surface area contributed by atoms with Gasteiger partial charge in [0.05, 0.1) is 13.2 Å². The molecule has 112 valence electrons. The fourth-order valence-corrected chi connectivity index (χ4v) is 2.72. The summed E-state index contributed by atoms with van der Waals surface area (Å²) in [6.45, 7) is 1.83. The van der Waals surface area contributed by atoms with Crippen molar-refractivity contribution in [2.75, 3.05) is 32.8 Å². The molecule has 3 aliphatic rings. The average Bonchev–Trinajstić information content (AvgIpc) is 2.76. The SMILES string of the molecule is O=C(NN1CCOCC1)[C@@H]1CC(F)(F)C2CN1C(=O)N2. The molecule has 0 saturated carbocycles. The van der Waals surface area contributed by atoms with E-state index >= 15 is 0 Å². The summed E-state index contributed by atoms with van der Waals surface area (Å²) in [6, 6.07) is -2.93. The van der Waals surface area contributed by atoms with Crippen molar-refractivity contribution in [1.29, 1.82) is 0 Å². The first-order chi connectivity index (χ1) is 9.47. The number of nitrogens with one attached hydrogen (secondary N) is 2. The van der Waals surface area contributed by atoms with Crippen molar-refractivity contribution in [2.45, 2.75) is 24.4 Å². The van der Waals surface area contributed by atoms with Gasteiger partial charge in [-0.3, -0.25) is 10.2 Å². The Balaban J connectivity index is 1.68. The van der Waals surface area contributed by atoms with Crippen LogP contribution in [0.3, 0.4) is 0 Å². The molecule has 3 fully saturated rings. The predicted octanol–water partition coefficient (Wildman–Crippen LogP) is -0.849. The monoisotopic (exact) mass is 290 g/mol. The Hall–Kier alpha value is -1.48. The smallest absolute Gasteiger partial charge is 0.318 e. The molecule has 0 aromatic rings. The van der Waals surface area contributed by atoms with Crippen molar-refractivity contribution in [1.82, 2.24) is 20.7 Å². The molecule has 7 nitrogen and oxygen atoms in total. The summed E-state index contributed by atoms with van der Waals surface area (Å²) in [5, 5.41) is 3.85. The first kappa shape index (κ1) is 13.5. The van der Waals surface area contributed by atoms with Crippen LogP contribution < -0.4 is 10.7 Å². The molecule has 0 aromatic heterocycles. The minimum absolute atomic E-state index is 0.132. The van der Waals surface area contributed by atoms with Crippen LogP contribution >= 0.6 is 0 Å². The number of halogens is 2. The van der Waals surface area contributed by atoms with E-state index in [1.165, 1.54) is 4.90 Å². The number of piperidine rings is 1. The van der Waals surface area contributed by atoms with Crippen molar-refractivity contribution in [3.63, 3.8) is 0 Å². The molecular formula is C11H16F2N4O3. The molecule has 0 radical (unpaired) electrons. The number of hydrogen-bond donors (Lipinski definition) is 2. The molecular weight excluding hydrogens is 274 g/mol. The van der Waals surface area contributed by atoms with E-state index in [-0.39, 0.29) is 6.54 Å². The van der Waals surface area contributed by atoms with Crippen LogP contribution in [-0.4, -0.2) is 72.7 Å². The molecule has 0 aliphatic carbocycles. The minimum Gasteiger partial charge on any atom is -0.379 e. The van der Waals surface area contributed by atoms with Gasteiger partial charge in [0.2, 0.25) is 0 Å². The lowest BCUT2D eigenvalue weighted by molar-refractivity contribution is -0.140. The van der Waals surface area contributed by atoms with E-state index < -0.39 is 36.4 Å². The lowest BCUT2D eigenvalue weighted by Crippen LogP contribution is -2.59. The number of nitrogens with zero attached hydrogens (tertiary/aromatic N) is 2. The van der Waals surface area contributed by atoms with Gasteiger partial charge < -0.3 is 15.0 Å². The summed E-state index contributed by atoms with van der Waals surface area (Å²) in [6.07, 6.45) is -0.646. The van der Waals surface area contributed by atoms with E-state index in [0.29, 0.717) is 26.3 Å². The maximum atomic E-state index is 13.8. The van der Waals surface area contributed by atoms with Gasteiger partial charge in [0.15, 0.2) is 0 Å². The Morgan fingerprint density at radius 3 is 2.80 bits per heavy atom. The van der Waals surface area contributed by atoms with Crippen molar-refractivity contribution in [2.24, 2.45) is 0 Å². The molecule has 0 spiro atoms. The lowest BCUT2D eigenvalue weighted by Gasteiger charge is -2.36. The molecule has 3 heterocycles. The number of fused-ring (bicyclic) bond motifs is 2. The lowest BCUT2D eigenvalue weighted by atomic mass is 9.96. The number of carbonyl (C=O) groups excluding carboxylic acids is 2. The molecule has 2 atom stereocenters. The Labute approximate surface area is 114 Å². The van der Waals surface area contributed by atoms with Crippen LogP contribution in [0.1, 0.15) is 6.42 Å². The van der Waals surface area contributed by atoms with Gasteiger partial charge in [-0.05, 0) is 0 Å². The number of hydrazine groups is 1. The van der Waals surface area contributed by atoms with Gasteiger partial charge in [0.1, 0.15) is 12.1 Å². The second kappa shape index (κ2) is 4.81. The number of rotatable bonds is 2. The van der Waals surface area contributed by atoms with Crippen LogP contribution in [0.4, 0.5) is 13.6 Å². The average molecular weight is 290 g/mol. The Kier molecular flexibility index (Phi) is 3.25. The van der Waals surface area contributed by atoms with Gasteiger partial charge in [-0.15, -0.1) is 0 Å². The van der Waals surface area contributed by atoms with E-state index in [0.717, 1.165) is 0 Å². The molecule has 3 aliphatic heterocycles. The Morgan fingerprint density at radius 2 is 2.10 bits per heavy atom. The summed E-state index contributed by atoms with van der Waals surface area (Å²) >= 11 is 0. The number of alkyl halides is 2. The predicted molar refractivity (Wildman–Crippen MR) is 62.9 cm³/mol. The van der Waals surface area contributed by atoms with Gasteiger partial charge in [0.25, 0.3) is 11.8 Å². The van der Waals surface area contributed by atoms with Gasteiger partial charge >= 0.3 is 6.03 Å². The number of hydrogen-bond acceptors (Lipinski definition) is 4. The van der Waals surface area contributed by atoms with Crippen molar-refractivity contribution >= 4 is 11.9 Å². The van der Waals surface area contributed by atoms with Crippen LogP contribution in [0.25, 0.3) is 0 Å². The summed E-state index contributed by atoms with van der Waals surface area (Å²) in [4.78, 5) is 24.9. The summed E-state index contributed by atoms with van der Waals surface area (Å²) < 4.78 is 32.7. The molecule has 1 unspecified atom stereocenters. The van der Waals surface area contributed by atoms with Gasteiger partial charge in [-0.1, -0.05) is 0 Å². The molecule has 0 aromatic carbocycles. The number of carbonyl (C=O) groups is 2. The first-order valence-corrected chi connectivity index (χ1v) is 6.55. The van der Waals surface area contributed by atoms with Crippen molar-refractivity contribution in [3.05, 3.63) is 0 Å². The van der Waals surface area contributed by atoms with E-state index in [1.54, 1.807) is 5.01 Å². The van der Waals surface area contributed by atoms with Crippen molar-refractivity contribution in [3.8, 4) is 0 Å². The third-order valence-corrected chi connectivity index (χ3v) is 3.87. The molecule has 9 heteroatoms. The maximum Gasteiger partial charge on any atom is 0.318 e. The third-order valence-electron chi connectivity index (χ3n) is 3.87. The maximum absolute atomic E-state index is 13.8. The highest BCUT2D eigenvalue weighted by molar-refractivity contribution is 5.89. The largest absolute Gasteiger partial charge is 0.379 e. The normalized spacial score (nSPS) is 32.9. The first-order valence-electron chi connectivity index (χ1n) is 6.55. The number of morpholine rings is 1. The molecule has 2 bridgehead atoms. The fourth-order valence-electron chi connectivity index (χ4n) is 2.72.